The Balaban J connectivity index is 1.62. The van der Waals surface area contributed by atoms with Crippen molar-refractivity contribution in [2.24, 2.45) is 5.41 Å². The van der Waals surface area contributed by atoms with Gasteiger partial charge in [0.25, 0.3) is 0 Å². The molecule has 2 aliphatic rings. The first kappa shape index (κ1) is 14.5. The lowest BCUT2D eigenvalue weighted by Crippen LogP contribution is -2.47. The van der Waals surface area contributed by atoms with Gasteiger partial charge in [-0.2, -0.15) is 0 Å². The third kappa shape index (κ3) is 3.25. The van der Waals surface area contributed by atoms with Crippen LogP contribution in [0.25, 0.3) is 0 Å². The van der Waals surface area contributed by atoms with Gasteiger partial charge in [-0.05, 0) is 29.9 Å². The molecule has 4 heteroatoms. The maximum absolute atomic E-state index is 5.72. The van der Waals surface area contributed by atoms with Crippen molar-refractivity contribution in [1.82, 2.24) is 10.2 Å². The lowest BCUT2D eigenvalue weighted by Gasteiger charge is -2.37. The van der Waals surface area contributed by atoms with Crippen molar-refractivity contribution in [3.05, 3.63) is 21.9 Å². The molecule has 0 aromatic carbocycles. The van der Waals surface area contributed by atoms with E-state index in [2.05, 4.69) is 35.5 Å². The van der Waals surface area contributed by atoms with Crippen molar-refractivity contribution in [2.75, 3.05) is 32.8 Å². The first-order chi connectivity index (χ1) is 9.67. The van der Waals surface area contributed by atoms with Crippen molar-refractivity contribution in [1.29, 1.82) is 0 Å². The van der Waals surface area contributed by atoms with Gasteiger partial charge in [-0.15, -0.1) is 11.3 Å². The van der Waals surface area contributed by atoms with Crippen LogP contribution in [-0.2, 0) is 17.7 Å². The van der Waals surface area contributed by atoms with Crippen LogP contribution in [0.1, 0.15) is 30.7 Å². The van der Waals surface area contributed by atoms with Crippen molar-refractivity contribution < 1.29 is 4.74 Å². The standard InChI is InChI=1S/C16H26N2OS/c1-13(2)17-10-16(5-7-19-12-16)11-18-6-3-15-14(9-18)4-8-20-15/h4,8,13,17H,3,5-7,9-12H2,1-2H3. The van der Waals surface area contributed by atoms with Gasteiger partial charge in [0.1, 0.15) is 0 Å². The first-order valence-corrected chi connectivity index (χ1v) is 8.64. The molecule has 0 spiro atoms. The number of hydrogen-bond acceptors (Lipinski definition) is 4. The second kappa shape index (κ2) is 6.14. The van der Waals surface area contributed by atoms with Crippen LogP contribution in [0.3, 0.4) is 0 Å². The third-order valence-electron chi connectivity index (χ3n) is 4.52. The number of hydrogen-bond donors (Lipinski definition) is 1. The van der Waals surface area contributed by atoms with Gasteiger partial charge < -0.3 is 10.1 Å². The minimum Gasteiger partial charge on any atom is -0.381 e. The summed E-state index contributed by atoms with van der Waals surface area (Å²) >= 11 is 1.92. The molecule has 1 fully saturated rings. The highest BCUT2D eigenvalue weighted by Gasteiger charge is 2.37. The van der Waals surface area contributed by atoms with Crippen molar-refractivity contribution in [2.45, 2.75) is 39.3 Å². The molecule has 1 aromatic heterocycles. The van der Waals surface area contributed by atoms with Gasteiger partial charge in [-0.1, -0.05) is 13.8 Å². The van der Waals surface area contributed by atoms with Gasteiger partial charge in [0.05, 0.1) is 6.61 Å². The van der Waals surface area contributed by atoms with Crippen LogP contribution in [0.5, 0.6) is 0 Å². The van der Waals surface area contributed by atoms with Crippen LogP contribution in [0.4, 0.5) is 0 Å². The summed E-state index contributed by atoms with van der Waals surface area (Å²) in [4.78, 5) is 4.23. The number of ether oxygens (including phenoxy) is 1. The van der Waals surface area contributed by atoms with Gasteiger partial charge in [-0.3, -0.25) is 4.90 Å². The molecule has 0 saturated carbocycles. The second-order valence-electron chi connectivity index (χ2n) is 6.67. The first-order valence-electron chi connectivity index (χ1n) is 7.76. The Kier molecular flexibility index (Phi) is 4.46. The van der Waals surface area contributed by atoms with E-state index in [-0.39, 0.29) is 0 Å². The fraction of sp³-hybridized carbons (Fsp3) is 0.750. The Morgan fingerprint density at radius 1 is 1.50 bits per heavy atom. The SMILES string of the molecule is CC(C)NCC1(CN2CCc3sccc3C2)CCOC1. The normalized spacial score (nSPS) is 27.1. The van der Waals surface area contributed by atoms with E-state index in [1.807, 2.05) is 11.3 Å². The average molecular weight is 294 g/mol. The quantitative estimate of drug-likeness (QED) is 0.903. The second-order valence-corrected chi connectivity index (χ2v) is 7.67. The van der Waals surface area contributed by atoms with Gasteiger partial charge >= 0.3 is 0 Å². The van der Waals surface area contributed by atoms with E-state index in [0.717, 1.165) is 26.3 Å². The lowest BCUT2D eigenvalue weighted by molar-refractivity contribution is 0.101. The van der Waals surface area contributed by atoms with Gasteiger partial charge in [0.2, 0.25) is 0 Å². The highest BCUT2D eigenvalue weighted by atomic mass is 32.1. The largest absolute Gasteiger partial charge is 0.381 e. The summed E-state index contributed by atoms with van der Waals surface area (Å²) in [6.45, 7) is 10.9. The summed E-state index contributed by atoms with van der Waals surface area (Å²) in [7, 11) is 0. The predicted molar refractivity (Wildman–Crippen MR) is 84.3 cm³/mol. The Labute approximate surface area is 126 Å². The molecule has 0 radical (unpaired) electrons. The van der Waals surface area contributed by atoms with E-state index in [1.165, 1.54) is 25.9 Å². The zero-order valence-electron chi connectivity index (χ0n) is 12.7. The molecule has 1 unspecified atom stereocenters. The molecule has 3 nitrogen and oxygen atoms in total. The van der Waals surface area contributed by atoms with E-state index < -0.39 is 0 Å². The molecule has 112 valence electrons. The number of thiophene rings is 1. The summed E-state index contributed by atoms with van der Waals surface area (Å²) in [6.07, 6.45) is 2.42. The smallest absolute Gasteiger partial charge is 0.0547 e. The van der Waals surface area contributed by atoms with Crippen LogP contribution < -0.4 is 5.32 Å². The Morgan fingerprint density at radius 2 is 2.40 bits per heavy atom. The van der Waals surface area contributed by atoms with E-state index in [9.17, 15) is 0 Å². The molecular formula is C16H26N2OS. The molecule has 0 bridgehead atoms. The maximum atomic E-state index is 5.72. The number of nitrogens with zero attached hydrogens (tertiary/aromatic N) is 1. The van der Waals surface area contributed by atoms with Crippen LogP contribution in [-0.4, -0.2) is 43.8 Å². The maximum Gasteiger partial charge on any atom is 0.0547 e. The predicted octanol–water partition coefficient (Wildman–Crippen LogP) is 2.51. The fourth-order valence-electron chi connectivity index (χ4n) is 3.31. The van der Waals surface area contributed by atoms with Crippen molar-refractivity contribution >= 4 is 11.3 Å². The summed E-state index contributed by atoms with van der Waals surface area (Å²) in [6, 6.07) is 2.85. The van der Waals surface area contributed by atoms with Crippen LogP contribution >= 0.6 is 11.3 Å². The zero-order valence-corrected chi connectivity index (χ0v) is 13.5. The molecule has 1 N–H and O–H groups in total. The summed E-state index contributed by atoms with van der Waals surface area (Å²) in [5, 5.41) is 5.87. The van der Waals surface area contributed by atoms with Crippen molar-refractivity contribution in [3.63, 3.8) is 0 Å². The number of fused-ring (bicyclic) bond motifs is 1. The summed E-state index contributed by atoms with van der Waals surface area (Å²) in [5.41, 5.74) is 1.87. The van der Waals surface area contributed by atoms with Crippen LogP contribution in [0.15, 0.2) is 11.4 Å². The monoisotopic (exact) mass is 294 g/mol. The molecule has 1 saturated heterocycles. The molecule has 0 amide bonds. The third-order valence-corrected chi connectivity index (χ3v) is 5.54. The molecule has 20 heavy (non-hydrogen) atoms. The Bertz CT molecular complexity index is 437. The molecule has 3 rings (SSSR count). The Morgan fingerprint density at radius 3 is 3.15 bits per heavy atom. The van der Waals surface area contributed by atoms with Crippen molar-refractivity contribution in [3.8, 4) is 0 Å². The van der Waals surface area contributed by atoms with Gasteiger partial charge in [0, 0.05) is 49.1 Å². The van der Waals surface area contributed by atoms with Gasteiger partial charge in [0.15, 0.2) is 0 Å². The molecule has 1 atom stereocenters. The molecule has 0 aliphatic carbocycles. The summed E-state index contributed by atoms with van der Waals surface area (Å²) < 4.78 is 5.72. The minimum atomic E-state index is 0.317. The van der Waals surface area contributed by atoms with Crippen LogP contribution in [0.2, 0.25) is 0 Å². The molecule has 1 aromatic rings. The van der Waals surface area contributed by atoms with Gasteiger partial charge in [-0.25, -0.2) is 0 Å². The fourth-order valence-corrected chi connectivity index (χ4v) is 4.20. The molecular weight excluding hydrogens is 268 g/mol. The highest BCUT2D eigenvalue weighted by Crippen LogP contribution is 2.32. The molecule has 2 aliphatic heterocycles. The minimum absolute atomic E-state index is 0.317. The Hall–Kier alpha value is -0.420. The summed E-state index contributed by atoms with van der Waals surface area (Å²) in [5.74, 6) is 0. The van der Waals surface area contributed by atoms with E-state index in [4.69, 9.17) is 4.74 Å². The lowest BCUT2D eigenvalue weighted by atomic mass is 9.85. The molecule has 3 heterocycles. The van der Waals surface area contributed by atoms with E-state index in [1.54, 1.807) is 10.4 Å². The van der Waals surface area contributed by atoms with E-state index in [0.29, 0.717) is 11.5 Å². The van der Waals surface area contributed by atoms with Crippen LogP contribution in [0, 0.1) is 5.41 Å². The van der Waals surface area contributed by atoms with E-state index >= 15 is 0 Å². The topological polar surface area (TPSA) is 24.5 Å². The number of rotatable bonds is 5. The number of nitrogens with one attached hydrogen (secondary N) is 1. The highest BCUT2D eigenvalue weighted by molar-refractivity contribution is 7.10. The average Bonchev–Trinajstić information content (AvgIpc) is 3.05. The zero-order chi connectivity index (χ0) is 14.0.